The fourth-order valence-corrected chi connectivity index (χ4v) is 4.31. The van der Waals surface area contributed by atoms with Gasteiger partial charge in [0.15, 0.2) is 0 Å². The zero-order valence-electron chi connectivity index (χ0n) is 15.9. The minimum Gasteiger partial charge on any atom is -0.459 e. The Hall–Kier alpha value is -2.25. The maximum Gasteiger partial charge on any atom is 0.317 e. The fourth-order valence-electron chi connectivity index (χ4n) is 3.06. The molecule has 1 fully saturated rings. The molecular formula is C20H25N3O3S. The number of aryl methyl sites for hydroxylation is 3. The highest BCUT2D eigenvalue weighted by Gasteiger charge is 2.29. The van der Waals surface area contributed by atoms with Gasteiger partial charge in [-0.25, -0.2) is 18.4 Å². The van der Waals surface area contributed by atoms with Gasteiger partial charge < -0.3 is 4.74 Å². The minimum absolute atomic E-state index is 0.248. The van der Waals surface area contributed by atoms with Gasteiger partial charge in [0.05, 0.1) is 6.54 Å². The van der Waals surface area contributed by atoms with Crippen LogP contribution in [0.4, 0.5) is 0 Å². The zero-order valence-corrected chi connectivity index (χ0v) is 16.7. The molecule has 0 radical (unpaired) electrons. The SMILES string of the molecule is Cc1ccc(/C=C/S(=O)(=O)N2CCCC(Oc3nc(C)cc(C)n3)C2)cc1. The number of sulfonamides is 1. The van der Waals surface area contributed by atoms with Crippen molar-refractivity contribution in [2.45, 2.75) is 39.7 Å². The smallest absolute Gasteiger partial charge is 0.317 e. The standard InChI is InChI=1S/C20H25N3O3S/c1-15-6-8-18(9-7-15)10-12-27(24,25)23-11-4-5-19(14-23)26-20-21-16(2)13-17(3)22-20/h6-10,12-13,19H,4-5,11,14H2,1-3H3/b12-10+. The van der Waals surface area contributed by atoms with Gasteiger partial charge in [0.1, 0.15) is 6.10 Å². The number of aromatic nitrogens is 2. The Kier molecular flexibility index (Phi) is 5.92. The molecule has 1 aromatic heterocycles. The molecule has 3 rings (SSSR count). The van der Waals surface area contributed by atoms with Crippen LogP contribution < -0.4 is 4.74 Å². The van der Waals surface area contributed by atoms with Gasteiger partial charge in [-0.15, -0.1) is 0 Å². The first-order chi connectivity index (χ1) is 12.8. The van der Waals surface area contributed by atoms with Crippen LogP contribution in [0, 0.1) is 20.8 Å². The average molecular weight is 388 g/mol. The maximum atomic E-state index is 12.7. The van der Waals surface area contributed by atoms with Crippen LogP contribution >= 0.6 is 0 Å². The number of rotatable bonds is 5. The summed E-state index contributed by atoms with van der Waals surface area (Å²) < 4.78 is 32.7. The van der Waals surface area contributed by atoms with Crippen molar-refractivity contribution in [1.29, 1.82) is 0 Å². The molecule has 0 saturated carbocycles. The summed E-state index contributed by atoms with van der Waals surface area (Å²) in [5, 5.41) is 1.27. The molecule has 1 aromatic carbocycles. The minimum atomic E-state index is -3.50. The van der Waals surface area contributed by atoms with Crippen molar-refractivity contribution in [2.24, 2.45) is 0 Å². The second kappa shape index (κ2) is 8.19. The van der Waals surface area contributed by atoms with Gasteiger partial charge in [-0.1, -0.05) is 29.8 Å². The van der Waals surface area contributed by atoms with Crippen LogP contribution in [0.2, 0.25) is 0 Å². The fraction of sp³-hybridized carbons (Fsp3) is 0.400. The number of benzene rings is 1. The normalized spacial score (nSPS) is 18.7. The first-order valence-corrected chi connectivity index (χ1v) is 10.6. The van der Waals surface area contributed by atoms with Gasteiger partial charge in [0.25, 0.3) is 0 Å². The first kappa shape index (κ1) is 19.5. The van der Waals surface area contributed by atoms with E-state index in [1.54, 1.807) is 6.08 Å². The van der Waals surface area contributed by atoms with Crippen molar-refractivity contribution >= 4 is 16.1 Å². The summed E-state index contributed by atoms with van der Waals surface area (Å²) >= 11 is 0. The van der Waals surface area contributed by atoms with E-state index in [1.807, 2.05) is 51.1 Å². The molecule has 1 saturated heterocycles. The molecule has 6 nitrogen and oxygen atoms in total. The summed E-state index contributed by atoms with van der Waals surface area (Å²) in [6.07, 6.45) is 2.91. The van der Waals surface area contributed by atoms with Gasteiger partial charge >= 0.3 is 6.01 Å². The molecule has 0 bridgehead atoms. The zero-order chi connectivity index (χ0) is 19.4. The lowest BCUT2D eigenvalue weighted by atomic mass is 10.1. The third-order valence-electron chi connectivity index (χ3n) is 4.44. The lowest BCUT2D eigenvalue weighted by molar-refractivity contribution is 0.119. The second-order valence-electron chi connectivity index (χ2n) is 6.93. The van der Waals surface area contributed by atoms with Crippen LogP contribution in [0.3, 0.4) is 0 Å². The van der Waals surface area contributed by atoms with E-state index in [2.05, 4.69) is 9.97 Å². The average Bonchev–Trinajstić information content (AvgIpc) is 2.61. The molecule has 144 valence electrons. The van der Waals surface area contributed by atoms with Gasteiger partial charge in [0, 0.05) is 23.3 Å². The quantitative estimate of drug-likeness (QED) is 0.787. The van der Waals surface area contributed by atoms with E-state index >= 15 is 0 Å². The van der Waals surface area contributed by atoms with E-state index in [4.69, 9.17) is 4.74 Å². The lowest BCUT2D eigenvalue weighted by Crippen LogP contribution is -2.43. The number of hydrogen-bond acceptors (Lipinski definition) is 5. The van der Waals surface area contributed by atoms with Gasteiger partial charge in [-0.05, 0) is 51.3 Å². The van der Waals surface area contributed by atoms with Crippen molar-refractivity contribution in [3.8, 4) is 6.01 Å². The molecule has 1 aliphatic rings. The molecule has 7 heteroatoms. The van der Waals surface area contributed by atoms with Crippen LogP contribution in [-0.4, -0.2) is 41.9 Å². The van der Waals surface area contributed by atoms with Crippen LogP contribution in [-0.2, 0) is 10.0 Å². The van der Waals surface area contributed by atoms with E-state index in [9.17, 15) is 8.42 Å². The van der Waals surface area contributed by atoms with E-state index in [0.717, 1.165) is 35.4 Å². The van der Waals surface area contributed by atoms with Gasteiger partial charge in [-0.3, -0.25) is 0 Å². The monoisotopic (exact) mass is 387 g/mol. The summed E-state index contributed by atoms with van der Waals surface area (Å²) in [5.41, 5.74) is 3.66. The molecule has 0 N–H and O–H groups in total. The summed E-state index contributed by atoms with van der Waals surface area (Å²) in [5.74, 6) is 0. The Morgan fingerprint density at radius 3 is 2.44 bits per heavy atom. The molecule has 2 aromatic rings. The Balaban J connectivity index is 1.68. The van der Waals surface area contributed by atoms with E-state index in [-0.39, 0.29) is 6.10 Å². The topological polar surface area (TPSA) is 72.4 Å². The third kappa shape index (κ3) is 5.37. The molecule has 0 aliphatic carbocycles. The molecule has 1 atom stereocenters. The number of nitrogens with zero attached hydrogens (tertiary/aromatic N) is 3. The van der Waals surface area contributed by atoms with Crippen LogP contribution in [0.1, 0.15) is 35.4 Å². The number of hydrogen-bond donors (Lipinski definition) is 0. The Morgan fingerprint density at radius 1 is 1.11 bits per heavy atom. The van der Waals surface area contributed by atoms with Crippen LogP contribution in [0.15, 0.2) is 35.7 Å². The maximum absolute atomic E-state index is 12.7. The van der Waals surface area contributed by atoms with E-state index in [0.29, 0.717) is 19.1 Å². The third-order valence-corrected chi connectivity index (χ3v) is 5.98. The molecule has 0 amide bonds. The molecule has 2 heterocycles. The van der Waals surface area contributed by atoms with E-state index < -0.39 is 10.0 Å². The van der Waals surface area contributed by atoms with Crippen molar-refractivity contribution in [3.05, 3.63) is 58.3 Å². The molecule has 0 spiro atoms. The highest BCUT2D eigenvalue weighted by molar-refractivity contribution is 7.92. The summed E-state index contributed by atoms with van der Waals surface area (Å²) in [7, 11) is -3.50. The molecule has 1 unspecified atom stereocenters. The largest absolute Gasteiger partial charge is 0.459 e. The molecule has 1 aliphatic heterocycles. The van der Waals surface area contributed by atoms with Crippen molar-refractivity contribution in [2.75, 3.05) is 13.1 Å². The Bertz CT molecular complexity index is 904. The van der Waals surface area contributed by atoms with Crippen LogP contribution in [0.5, 0.6) is 6.01 Å². The predicted octanol–water partition coefficient (Wildman–Crippen LogP) is 3.25. The highest BCUT2D eigenvalue weighted by Crippen LogP contribution is 2.20. The first-order valence-electron chi connectivity index (χ1n) is 9.06. The summed E-state index contributed by atoms with van der Waals surface area (Å²) in [6, 6.07) is 9.91. The second-order valence-corrected chi connectivity index (χ2v) is 8.75. The van der Waals surface area contributed by atoms with Crippen LogP contribution in [0.25, 0.3) is 6.08 Å². The summed E-state index contributed by atoms with van der Waals surface area (Å²) in [4.78, 5) is 8.57. The van der Waals surface area contributed by atoms with Crippen molar-refractivity contribution in [3.63, 3.8) is 0 Å². The van der Waals surface area contributed by atoms with Crippen molar-refractivity contribution in [1.82, 2.24) is 14.3 Å². The van der Waals surface area contributed by atoms with Crippen molar-refractivity contribution < 1.29 is 13.2 Å². The Morgan fingerprint density at radius 2 is 1.78 bits per heavy atom. The lowest BCUT2D eigenvalue weighted by Gasteiger charge is -2.30. The number of ether oxygens (including phenoxy) is 1. The van der Waals surface area contributed by atoms with Gasteiger partial charge in [0.2, 0.25) is 10.0 Å². The van der Waals surface area contributed by atoms with Gasteiger partial charge in [-0.2, -0.15) is 4.31 Å². The van der Waals surface area contributed by atoms with E-state index in [1.165, 1.54) is 9.71 Å². The number of piperidine rings is 1. The Labute approximate surface area is 161 Å². The predicted molar refractivity (Wildman–Crippen MR) is 106 cm³/mol. The molecular weight excluding hydrogens is 362 g/mol. The molecule has 27 heavy (non-hydrogen) atoms. The summed E-state index contributed by atoms with van der Waals surface area (Å²) in [6.45, 7) is 6.56. The highest BCUT2D eigenvalue weighted by atomic mass is 32.2.